The largest absolute Gasteiger partial charge is 0.370 e. The van der Waals surface area contributed by atoms with Crippen molar-refractivity contribution in [3.63, 3.8) is 0 Å². The van der Waals surface area contributed by atoms with Crippen LogP contribution in [-0.2, 0) is 0 Å². The van der Waals surface area contributed by atoms with Crippen LogP contribution in [0.15, 0.2) is 6.07 Å². The highest BCUT2D eigenvalue weighted by Crippen LogP contribution is 2.30. The number of hydrogen-bond acceptors (Lipinski definition) is 3. The SMILES string of the molecule is Cc1cc(NCC2CCCC2Cl)nc(C(C)C)n1. The number of halogens is 1. The van der Waals surface area contributed by atoms with Crippen LogP contribution in [0.4, 0.5) is 5.82 Å². The highest BCUT2D eigenvalue weighted by Gasteiger charge is 2.24. The summed E-state index contributed by atoms with van der Waals surface area (Å²) >= 11 is 6.28. The molecule has 1 fully saturated rings. The lowest BCUT2D eigenvalue weighted by atomic mass is 10.1. The molecule has 1 aliphatic carbocycles. The number of nitrogens with zero attached hydrogens (tertiary/aromatic N) is 2. The van der Waals surface area contributed by atoms with Gasteiger partial charge in [-0.15, -0.1) is 11.6 Å². The Morgan fingerprint density at radius 3 is 2.78 bits per heavy atom. The minimum absolute atomic E-state index is 0.324. The Morgan fingerprint density at radius 1 is 1.39 bits per heavy atom. The van der Waals surface area contributed by atoms with Gasteiger partial charge >= 0.3 is 0 Å². The van der Waals surface area contributed by atoms with Crippen molar-refractivity contribution in [2.45, 2.75) is 51.3 Å². The lowest BCUT2D eigenvalue weighted by Gasteiger charge is -2.16. The van der Waals surface area contributed by atoms with Crippen LogP contribution in [0.25, 0.3) is 0 Å². The second-order valence-electron chi connectivity index (χ2n) is 5.50. The summed E-state index contributed by atoms with van der Waals surface area (Å²) < 4.78 is 0. The van der Waals surface area contributed by atoms with Crippen LogP contribution in [0.3, 0.4) is 0 Å². The van der Waals surface area contributed by atoms with Gasteiger partial charge in [-0.3, -0.25) is 0 Å². The van der Waals surface area contributed by atoms with E-state index < -0.39 is 0 Å². The molecule has 1 aromatic heterocycles. The summed E-state index contributed by atoms with van der Waals surface area (Å²) in [6, 6.07) is 2.00. The standard InChI is InChI=1S/C14H22ClN3/c1-9(2)14-17-10(3)7-13(18-14)16-8-11-5-4-6-12(11)15/h7,9,11-12H,4-6,8H2,1-3H3,(H,16,17,18). The van der Waals surface area contributed by atoms with Crippen LogP contribution in [0, 0.1) is 12.8 Å². The van der Waals surface area contributed by atoms with Crippen molar-refractivity contribution in [3.8, 4) is 0 Å². The Morgan fingerprint density at radius 2 is 2.17 bits per heavy atom. The average Bonchev–Trinajstić information content (AvgIpc) is 2.71. The zero-order chi connectivity index (χ0) is 13.1. The molecule has 0 spiro atoms. The summed E-state index contributed by atoms with van der Waals surface area (Å²) in [5.41, 5.74) is 1.02. The van der Waals surface area contributed by atoms with Gasteiger partial charge in [-0.1, -0.05) is 20.3 Å². The molecule has 4 heteroatoms. The molecule has 1 aromatic rings. The highest BCUT2D eigenvalue weighted by atomic mass is 35.5. The smallest absolute Gasteiger partial charge is 0.133 e. The summed E-state index contributed by atoms with van der Waals surface area (Å²) in [6.45, 7) is 7.16. The first-order valence-electron chi connectivity index (χ1n) is 6.80. The maximum Gasteiger partial charge on any atom is 0.133 e. The van der Waals surface area contributed by atoms with E-state index in [1.807, 2.05) is 13.0 Å². The number of hydrogen-bond donors (Lipinski definition) is 1. The normalized spacial score (nSPS) is 23.6. The quantitative estimate of drug-likeness (QED) is 0.845. The molecular weight excluding hydrogens is 246 g/mol. The van der Waals surface area contributed by atoms with Crippen LogP contribution >= 0.6 is 11.6 Å². The Labute approximate surface area is 114 Å². The van der Waals surface area contributed by atoms with Gasteiger partial charge in [-0.05, 0) is 25.7 Å². The number of anilines is 1. The summed E-state index contributed by atoms with van der Waals surface area (Å²) in [6.07, 6.45) is 3.62. The third kappa shape index (κ3) is 3.35. The van der Waals surface area contributed by atoms with E-state index >= 15 is 0 Å². The third-order valence-electron chi connectivity index (χ3n) is 3.50. The molecule has 0 amide bonds. The van der Waals surface area contributed by atoms with E-state index in [2.05, 4.69) is 29.1 Å². The predicted molar refractivity (Wildman–Crippen MR) is 76.3 cm³/mol. The van der Waals surface area contributed by atoms with E-state index in [9.17, 15) is 0 Å². The van der Waals surface area contributed by atoms with Crippen molar-refractivity contribution >= 4 is 17.4 Å². The first-order chi connectivity index (χ1) is 8.56. The van der Waals surface area contributed by atoms with Gasteiger partial charge in [0.2, 0.25) is 0 Å². The molecule has 1 heterocycles. The first kappa shape index (κ1) is 13.6. The fourth-order valence-electron chi connectivity index (χ4n) is 2.40. The number of alkyl halides is 1. The van der Waals surface area contributed by atoms with Crippen LogP contribution in [0.1, 0.15) is 50.5 Å². The van der Waals surface area contributed by atoms with Gasteiger partial charge in [0, 0.05) is 29.6 Å². The zero-order valence-electron chi connectivity index (χ0n) is 11.4. The van der Waals surface area contributed by atoms with Gasteiger partial charge in [0.25, 0.3) is 0 Å². The van der Waals surface area contributed by atoms with Crippen molar-refractivity contribution in [2.75, 3.05) is 11.9 Å². The average molecular weight is 268 g/mol. The molecular formula is C14H22ClN3. The van der Waals surface area contributed by atoms with Crippen LogP contribution < -0.4 is 5.32 Å². The van der Waals surface area contributed by atoms with E-state index in [1.54, 1.807) is 0 Å². The lowest BCUT2D eigenvalue weighted by molar-refractivity contribution is 0.584. The molecule has 0 aromatic carbocycles. The van der Waals surface area contributed by atoms with Crippen LogP contribution in [0.5, 0.6) is 0 Å². The van der Waals surface area contributed by atoms with Crippen molar-refractivity contribution in [3.05, 3.63) is 17.6 Å². The van der Waals surface area contributed by atoms with E-state index in [0.29, 0.717) is 17.2 Å². The van der Waals surface area contributed by atoms with Crippen LogP contribution in [0.2, 0.25) is 0 Å². The molecule has 2 rings (SSSR count). The molecule has 100 valence electrons. The number of aromatic nitrogens is 2. The van der Waals surface area contributed by atoms with Gasteiger partial charge in [0.1, 0.15) is 11.6 Å². The second kappa shape index (κ2) is 5.87. The molecule has 0 saturated heterocycles. The van der Waals surface area contributed by atoms with E-state index in [-0.39, 0.29) is 0 Å². The molecule has 18 heavy (non-hydrogen) atoms. The minimum atomic E-state index is 0.324. The second-order valence-corrected chi connectivity index (χ2v) is 6.06. The fourth-order valence-corrected chi connectivity index (χ4v) is 2.77. The summed E-state index contributed by atoms with van der Waals surface area (Å²) in [4.78, 5) is 9.00. The van der Waals surface area contributed by atoms with Gasteiger partial charge in [-0.25, -0.2) is 9.97 Å². The number of nitrogens with one attached hydrogen (secondary N) is 1. The van der Waals surface area contributed by atoms with E-state index in [1.165, 1.54) is 12.8 Å². The molecule has 1 saturated carbocycles. The van der Waals surface area contributed by atoms with E-state index in [0.717, 1.165) is 30.3 Å². The zero-order valence-corrected chi connectivity index (χ0v) is 12.2. The summed E-state index contributed by atoms with van der Waals surface area (Å²) in [7, 11) is 0. The van der Waals surface area contributed by atoms with Crippen molar-refractivity contribution in [1.29, 1.82) is 0 Å². The summed E-state index contributed by atoms with van der Waals surface area (Å²) in [5.74, 6) is 2.77. The Hall–Kier alpha value is -0.830. The lowest BCUT2D eigenvalue weighted by Crippen LogP contribution is -2.19. The molecule has 0 aliphatic heterocycles. The van der Waals surface area contributed by atoms with E-state index in [4.69, 9.17) is 11.6 Å². The molecule has 3 nitrogen and oxygen atoms in total. The van der Waals surface area contributed by atoms with Gasteiger partial charge in [0.05, 0.1) is 0 Å². The molecule has 2 atom stereocenters. The highest BCUT2D eigenvalue weighted by molar-refractivity contribution is 6.20. The van der Waals surface area contributed by atoms with Crippen LogP contribution in [-0.4, -0.2) is 21.9 Å². The maximum absolute atomic E-state index is 6.28. The minimum Gasteiger partial charge on any atom is -0.370 e. The molecule has 1 N–H and O–H groups in total. The van der Waals surface area contributed by atoms with Crippen molar-refractivity contribution in [1.82, 2.24) is 9.97 Å². The monoisotopic (exact) mass is 267 g/mol. The molecule has 2 unspecified atom stereocenters. The first-order valence-corrected chi connectivity index (χ1v) is 7.23. The van der Waals surface area contributed by atoms with Gasteiger partial charge in [-0.2, -0.15) is 0 Å². The molecule has 0 radical (unpaired) electrons. The van der Waals surface area contributed by atoms with Crippen molar-refractivity contribution in [2.24, 2.45) is 5.92 Å². The van der Waals surface area contributed by atoms with Gasteiger partial charge in [0.15, 0.2) is 0 Å². The number of aryl methyl sites for hydroxylation is 1. The summed E-state index contributed by atoms with van der Waals surface area (Å²) in [5, 5.41) is 3.74. The predicted octanol–water partition coefficient (Wildman–Crippen LogP) is 3.73. The molecule has 0 bridgehead atoms. The number of rotatable bonds is 4. The topological polar surface area (TPSA) is 37.8 Å². The fraction of sp³-hybridized carbons (Fsp3) is 0.714. The Balaban J connectivity index is 2.00. The molecule has 1 aliphatic rings. The maximum atomic E-state index is 6.28. The third-order valence-corrected chi connectivity index (χ3v) is 4.07. The Bertz CT molecular complexity index is 406. The Kier molecular flexibility index (Phi) is 4.44. The van der Waals surface area contributed by atoms with Gasteiger partial charge < -0.3 is 5.32 Å². The van der Waals surface area contributed by atoms with Crippen molar-refractivity contribution < 1.29 is 0 Å².